The van der Waals surface area contributed by atoms with Crippen molar-refractivity contribution < 1.29 is 9.53 Å². The molecule has 60 valence electrons. The van der Waals surface area contributed by atoms with E-state index < -0.39 is 6.10 Å². The van der Waals surface area contributed by atoms with Gasteiger partial charge in [-0.3, -0.25) is 4.79 Å². The van der Waals surface area contributed by atoms with Gasteiger partial charge in [-0.1, -0.05) is 5.92 Å². The van der Waals surface area contributed by atoms with Crippen molar-refractivity contribution in [3.05, 3.63) is 0 Å². The van der Waals surface area contributed by atoms with Gasteiger partial charge in [0, 0.05) is 12.6 Å². The first-order valence-corrected chi connectivity index (χ1v) is 3.59. The van der Waals surface area contributed by atoms with Crippen LogP contribution in [0.2, 0.25) is 0 Å². The van der Waals surface area contributed by atoms with Crippen LogP contribution >= 0.6 is 0 Å². The van der Waals surface area contributed by atoms with Gasteiger partial charge in [0.05, 0.1) is 6.42 Å². The molecule has 1 saturated heterocycles. The van der Waals surface area contributed by atoms with Gasteiger partial charge in [-0.2, -0.15) is 0 Å². The van der Waals surface area contributed by atoms with Crippen LogP contribution in [-0.2, 0) is 9.53 Å². The molecule has 3 nitrogen and oxygen atoms in total. The van der Waals surface area contributed by atoms with Crippen LogP contribution in [0.1, 0.15) is 12.8 Å². The topological polar surface area (TPSA) is 52.3 Å². The number of terminal acetylenes is 1. The van der Waals surface area contributed by atoms with Gasteiger partial charge in [0.2, 0.25) is 0 Å². The Bertz CT molecular complexity index is 195. The minimum Gasteiger partial charge on any atom is -0.369 e. The predicted octanol–water partition coefficient (Wildman–Crippen LogP) is -0.305. The van der Waals surface area contributed by atoms with Crippen molar-refractivity contribution in [2.75, 3.05) is 6.61 Å². The molecule has 0 spiro atoms. The summed E-state index contributed by atoms with van der Waals surface area (Å²) in [4.78, 5) is 11.1. The van der Waals surface area contributed by atoms with Crippen molar-refractivity contribution in [2.45, 2.75) is 25.0 Å². The maximum atomic E-state index is 11.1. The third-order valence-corrected chi connectivity index (χ3v) is 1.73. The first kappa shape index (κ1) is 8.25. The monoisotopic (exact) mass is 153 g/mol. The zero-order valence-corrected chi connectivity index (χ0v) is 6.25. The van der Waals surface area contributed by atoms with Crippen molar-refractivity contribution in [3.8, 4) is 12.3 Å². The first-order valence-electron chi connectivity index (χ1n) is 3.59. The normalized spacial score (nSPS) is 29.8. The average Bonchev–Trinajstić information content (AvgIpc) is 2.36. The van der Waals surface area contributed by atoms with E-state index in [2.05, 4.69) is 5.92 Å². The van der Waals surface area contributed by atoms with E-state index in [1.165, 1.54) is 0 Å². The van der Waals surface area contributed by atoms with Crippen LogP contribution in [0, 0.1) is 12.3 Å². The lowest BCUT2D eigenvalue weighted by atomic mass is 10.1. The second-order valence-electron chi connectivity index (χ2n) is 2.59. The maximum absolute atomic E-state index is 11.1. The van der Waals surface area contributed by atoms with Gasteiger partial charge in [0.25, 0.3) is 0 Å². The van der Waals surface area contributed by atoms with Crippen molar-refractivity contribution in [1.82, 2.24) is 0 Å². The summed E-state index contributed by atoms with van der Waals surface area (Å²) in [6.45, 7) is 0.572. The maximum Gasteiger partial charge on any atom is 0.174 e. The third-order valence-electron chi connectivity index (χ3n) is 1.73. The summed E-state index contributed by atoms with van der Waals surface area (Å²) in [5, 5.41) is 0. The summed E-state index contributed by atoms with van der Waals surface area (Å²) in [6, 6.07) is -0.157. The quantitative estimate of drug-likeness (QED) is 0.554. The molecular formula is C8H11NO2. The molecule has 0 aromatic rings. The highest BCUT2D eigenvalue weighted by atomic mass is 16.5. The summed E-state index contributed by atoms with van der Waals surface area (Å²) in [6.07, 6.45) is 5.40. The number of ether oxygens (including phenoxy) is 1. The molecular weight excluding hydrogens is 142 g/mol. The van der Waals surface area contributed by atoms with Crippen LogP contribution in [0.15, 0.2) is 0 Å². The van der Waals surface area contributed by atoms with Gasteiger partial charge in [0.15, 0.2) is 5.78 Å². The molecule has 0 aromatic carbocycles. The number of ketones is 1. The molecule has 1 rings (SSSR count). The number of hydrogen-bond donors (Lipinski definition) is 1. The standard InChI is InChI=1S/C8H11NO2/c1-2-3-7(10)8-6(9)4-5-11-8/h1,6,8H,3-5,9H2/t6-,8+/m1/s1. The van der Waals surface area contributed by atoms with E-state index in [1.54, 1.807) is 0 Å². The van der Waals surface area contributed by atoms with Crippen LogP contribution in [-0.4, -0.2) is 24.5 Å². The van der Waals surface area contributed by atoms with E-state index in [9.17, 15) is 4.79 Å². The summed E-state index contributed by atoms with van der Waals surface area (Å²) >= 11 is 0. The molecule has 2 N–H and O–H groups in total. The lowest BCUT2D eigenvalue weighted by molar-refractivity contribution is -0.127. The minimum absolute atomic E-state index is 0.0718. The van der Waals surface area contributed by atoms with Crippen LogP contribution < -0.4 is 5.73 Å². The summed E-state index contributed by atoms with van der Waals surface area (Å²) in [5.41, 5.74) is 5.60. The molecule has 0 unspecified atom stereocenters. The Balaban J connectivity index is 2.47. The number of carbonyl (C=O) groups is 1. The number of nitrogens with two attached hydrogens (primary N) is 1. The molecule has 11 heavy (non-hydrogen) atoms. The zero-order valence-electron chi connectivity index (χ0n) is 6.25. The molecule has 1 aliphatic heterocycles. The zero-order chi connectivity index (χ0) is 8.27. The molecule has 0 bridgehead atoms. The molecule has 1 aliphatic rings. The second-order valence-corrected chi connectivity index (χ2v) is 2.59. The Morgan fingerprint density at radius 1 is 1.82 bits per heavy atom. The Labute approximate surface area is 65.9 Å². The predicted molar refractivity (Wildman–Crippen MR) is 40.8 cm³/mol. The van der Waals surface area contributed by atoms with Crippen molar-refractivity contribution in [2.24, 2.45) is 5.73 Å². The van der Waals surface area contributed by atoms with Gasteiger partial charge in [-0.25, -0.2) is 0 Å². The van der Waals surface area contributed by atoms with E-state index in [0.29, 0.717) is 6.61 Å². The highest BCUT2D eigenvalue weighted by molar-refractivity contribution is 5.86. The largest absolute Gasteiger partial charge is 0.369 e. The van der Waals surface area contributed by atoms with Crippen molar-refractivity contribution in [3.63, 3.8) is 0 Å². The summed E-state index contributed by atoms with van der Waals surface area (Å²) in [5.74, 6) is 2.21. The lowest BCUT2D eigenvalue weighted by Gasteiger charge is -2.10. The van der Waals surface area contributed by atoms with Gasteiger partial charge < -0.3 is 10.5 Å². The Hall–Kier alpha value is -0.850. The molecule has 1 fully saturated rings. The summed E-state index contributed by atoms with van der Waals surface area (Å²) in [7, 11) is 0. The molecule has 0 aliphatic carbocycles. The molecule has 0 aromatic heterocycles. The Morgan fingerprint density at radius 3 is 3.00 bits per heavy atom. The van der Waals surface area contributed by atoms with E-state index in [1.807, 2.05) is 0 Å². The van der Waals surface area contributed by atoms with Gasteiger partial charge in [-0.15, -0.1) is 6.42 Å². The molecule has 1 heterocycles. The number of hydrogen-bond acceptors (Lipinski definition) is 3. The Morgan fingerprint density at radius 2 is 2.55 bits per heavy atom. The van der Waals surface area contributed by atoms with Gasteiger partial charge in [-0.05, 0) is 6.42 Å². The van der Waals surface area contributed by atoms with Crippen molar-refractivity contribution in [1.29, 1.82) is 0 Å². The smallest absolute Gasteiger partial charge is 0.174 e. The molecule has 0 amide bonds. The van der Waals surface area contributed by atoms with Crippen LogP contribution in [0.5, 0.6) is 0 Å². The lowest BCUT2D eigenvalue weighted by Crippen LogP contribution is -2.36. The van der Waals surface area contributed by atoms with Crippen molar-refractivity contribution >= 4 is 5.78 Å². The average molecular weight is 153 g/mol. The SMILES string of the molecule is C#CCC(=O)[C@H]1OCC[C@H]1N. The fourth-order valence-electron chi connectivity index (χ4n) is 1.14. The van der Waals surface area contributed by atoms with E-state index in [4.69, 9.17) is 16.9 Å². The molecule has 0 saturated carbocycles. The third kappa shape index (κ3) is 1.79. The summed E-state index contributed by atoms with van der Waals surface area (Å²) < 4.78 is 5.11. The van der Waals surface area contributed by atoms with Crippen LogP contribution in [0.4, 0.5) is 0 Å². The number of Topliss-reactive ketones (excluding diaryl/α,β-unsaturated/α-hetero) is 1. The first-order chi connectivity index (χ1) is 5.25. The highest BCUT2D eigenvalue weighted by Gasteiger charge is 2.30. The fourth-order valence-corrected chi connectivity index (χ4v) is 1.14. The molecule has 0 radical (unpaired) electrons. The highest BCUT2D eigenvalue weighted by Crippen LogP contribution is 2.12. The minimum atomic E-state index is -0.453. The second kappa shape index (κ2) is 3.51. The Kier molecular flexibility index (Phi) is 2.64. The van der Waals surface area contributed by atoms with E-state index >= 15 is 0 Å². The number of rotatable bonds is 2. The molecule has 3 heteroatoms. The van der Waals surface area contributed by atoms with Gasteiger partial charge >= 0.3 is 0 Å². The fraction of sp³-hybridized carbons (Fsp3) is 0.625. The van der Waals surface area contributed by atoms with E-state index in [-0.39, 0.29) is 18.2 Å². The van der Waals surface area contributed by atoms with Crippen LogP contribution in [0.3, 0.4) is 0 Å². The van der Waals surface area contributed by atoms with Gasteiger partial charge in [0.1, 0.15) is 6.10 Å². The van der Waals surface area contributed by atoms with Crippen LogP contribution in [0.25, 0.3) is 0 Å². The number of carbonyl (C=O) groups excluding carboxylic acids is 1. The van der Waals surface area contributed by atoms with E-state index in [0.717, 1.165) is 6.42 Å². The molecule has 2 atom stereocenters.